The van der Waals surface area contributed by atoms with Gasteiger partial charge < -0.3 is 5.32 Å². The van der Waals surface area contributed by atoms with E-state index >= 15 is 0 Å². The summed E-state index contributed by atoms with van der Waals surface area (Å²) in [7, 11) is 0. The van der Waals surface area contributed by atoms with Crippen LogP contribution in [0.2, 0.25) is 5.02 Å². The molecule has 2 aromatic carbocycles. The van der Waals surface area contributed by atoms with Crippen LogP contribution >= 0.6 is 27.5 Å². The summed E-state index contributed by atoms with van der Waals surface area (Å²) >= 11 is 9.66. The summed E-state index contributed by atoms with van der Waals surface area (Å²) in [6.45, 7) is 2.95. The van der Waals surface area contributed by atoms with Crippen LogP contribution in [0, 0.1) is 0 Å². The molecule has 0 fully saturated rings. The zero-order valence-corrected chi connectivity index (χ0v) is 12.5. The third kappa shape index (κ3) is 3.58. The molecule has 0 saturated heterocycles. The fourth-order valence-corrected chi connectivity index (χ4v) is 2.60. The van der Waals surface area contributed by atoms with Gasteiger partial charge in [-0.2, -0.15) is 0 Å². The Bertz CT molecular complexity index is 527. The molecule has 0 aromatic heterocycles. The summed E-state index contributed by atoms with van der Waals surface area (Å²) in [5.41, 5.74) is 2.39. The van der Waals surface area contributed by atoms with Gasteiger partial charge in [0.1, 0.15) is 0 Å². The third-order valence-corrected chi connectivity index (χ3v) is 3.71. The minimum atomic E-state index is 0.234. The molecule has 0 saturated carbocycles. The van der Waals surface area contributed by atoms with Gasteiger partial charge in [0.05, 0.1) is 0 Å². The second-order valence-corrected chi connectivity index (χ2v) is 5.58. The molecule has 0 heterocycles. The summed E-state index contributed by atoms with van der Waals surface area (Å²) in [6, 6.07) is 16.5. The maximum absolute atomic E-state index is 6.18. The smallest absolute Gasteiger partial charge is 0.0453 e. The molecule has 18 heavy (non-hydrogen) atoms. The van der Waals surface area contributed by atoms with Crippen LogP contribution in [0.15, 0.2) is 53.0 Å². The van der Waals surface area contributed by atoms with Gasteiger partial charge in [0, 0.05) is 22.1 Å². The highest BCUT2D eigenvalue weighted by atomic mass is 79.9. The van der Waals surface area contributed by atoms with Crippen molar-refractivity contribution in [2.24, 2.45) is 0 Å². The van der Waals surface area contributed by atoms with E-state index in [1.54, 1.807) is 0 Å². The van der Waals surface area contributed by atoms with Crippen LogP contribution in [-0.4, -0.2) is 0 Å². The summed E-state index contributed by atoms with van der Waals surface area (Å²) in [4.78, 5) is 0. The monoisotopic (exact) mass is 323 g/mol. The highest BCUT2D eigenvalue weighted by Crippen LogP contribution is 2.22. The van der Waals surface area contributed by atoms with Gasteiger partial charge in [-0.05, 0) is 36.2 Å². The van der Waals surface area contributed by atoms with E-state index in [2.05, 4.69) is 46.4 Å². The Labute approximate surface area is 121 Å². The van der Waals surface area contributed by atoms with Crippen molar-refractivity contribution in [2.45, 2.75) is 19.5 Å². The molecule has 0 bridgehead atoms. The molecule has 3 heteroatoms. The lowest BCUT2D eigenvalue weighted by atomic mass is 10.1. The lowest BCUT2D eigenvalue weighted by Gasteiger charge is -2.15. The first-order chi connectivity index (χ1) is 8.66. The van der Waals surface area contributed by atoms with Crippen molar-refractivity contribution >= 4 is 27.5 Å². The van der Waals surface area contributed by atoms with Crippen LogP contribution in [-0.2, 0) is 6.54 Å². The van der Waals surface area contributed by atoms with Gasteiger partial charge in [-0.1, -0.05) is 57.9 Å². The molecule has 2 aromatic rings. The second-order valence-electron chi connectivity index (χ2n) is 4.25. The van der Waals surface area contributed by atoms with Gasteiger partial charge in [0.15, 0.2) is 0 Å². The number of hydrogen-bond donors (Lipinski definition) is 1. The largest absolute Gasteiger partial charge is 0.306 e. The van der Waals surface area contributed by atoms with Crippen molar-refractivity contribution in [3.8, 4) is 0 Å². The molecule has 2 rings (SSSR count). The van der Waals surface area contributed by atoms with E-state index in [0.717, 1.165) is 21.6 Å². The van der Waals surface area contributed by atoms with Crippen LogP contribution in [0.1, 0.15) is 24.1 Å². The summed E-state index contributed by atoms with van der Waals surface area (Å²) in [5, 5.41) is 4.29. The first kappa shape index (κ1) is 13.6. The molecule has 1 nitrogen and oxygen atoms in total. The highest BCUT2D eigenvalue weighted by Gasteiger charge is 2.08. The number of rotatable bonds is 4. The van der Waals surface area contributed by atoms with Crippen LogP contribution in [0.4, 0.5) is 0 Å². The number of hydrogen-bond acceptors (Lipinski definition) is 1. The summed E-state index contributed by atoms with van der Waals surface area (Å²) in [6.07, 6.45) is 0. The van der Waals surface area contributed by atoms with Gasteiger partial charge in [-0.3, -0.25) is 0 Å². The Morgan fingerprint density at radius 3 is 2.67 bits per heavy atom. The third-order valence-electron chi connectivity index (χ3n) is 2.87. The molecule has 1 atom stereocenters. The zero-order valence-electron chi connectivity index (χ0n) is 10.2. The minimum Gasteiger partial charge on any atom is -0.306 e. The number of halogens is 2. The minimum absolute atomic E-state index is 0.234. The topological polar surface area (TPSA) is 12.0 Å². The first-order valence-electron chi connectivity index (χ1n) is 5.89. The van der Waals surface area contributed by atoms with Gasteiger partial charge >= 0.3 is 0 Å². The van der Waals surface area contributed by atoms with E-state index in [0.29, 0.717) is 0 Å². The fourth-order valence-electron chi connectivity index (χ4n) is 1.85. The van der Waals surface area contributed by atoms with Gasteiger partial charge in [0.25, 0.3) is 0 Å². The second kappa shape index (κ2) is 6.37. The maximum Gasteiger partial charge on any atom is 0.0453 e. The van der Waals surface area contributed by atoms with Crippen molar-refractivity contribution < 1.29 is 0 Å². The molecule has 0 spiro atoms. The number of benzene rings is 2. The maximum atomic E-state index is 6.18. The van der Waals surface area contributed by atoms with E-state index < -0.39 is 0 Å². The Morgan fingerprint density at radius 2 is 1.94 bits per heavy atom. The van der Waals surface area contributed by atoms with E-state index in [-0.39, 0.29) is 6.04 Å². The van der Waals surface area contributed by atoms with Crippen LogP contribution in [0.5, 0.6) is 0 Å². The van der Waals surface area contributed by atoms with Gasteiger partial charge in [-0.15, -0.1) is 0 Å². The molecule has 1 N–H and O–H groups in total. The molecule has 0 aliphatic rings. The molecule has 0 radical (unpaired) electrons. The van der Waals surface area contributed by atoms with Crippen molar-refractivity contribution in [3.05, 3.63) is 69.2 Å². The van der Waals surface area contributed by atoms with Crippen molar-refractivity contribution in [3.63, 3.8) is 0 Å². The SMILES string of the molecule is C[C@@H](NCc1cccc(Br)c1)c1ccccc1Cl. The highest BCUT2D eigenvalue weighted by molar-refractivity contribution is 9.10. The van der Waals surface area contributed by atoms with E-state index in [9.17, 15) is 0 Å². The average Bonchev–Trinajstić information content (AvgIpc) is 2.37. The molecular formula is C15H15BrClN. The van der Waals surface area contributed by atoms with Gasteiger partial charge in [0.2, 0.25) is 0 Å². The normalized spacial score (nSPS) is 12.4. The first-order valence-corrected chi connectivity index (χ1v) is 7.06. The number of nitrogens with one attached hydrogen (secondary N) is 1. The van der Waals surface area contributed by atoms with Crippen LogP contribution in [0.25, 0.3) is 0 Å². The molecule has 94 valence electrons. The average molecular weight is 325 g/mol. The van der Waals surface area contributed by atoms with Crippen molar-refractivity contribution in [1.29, 1.82) is 0 Å². The summed E-state index contributed by atoms with van der Waals surface area (Å²) < 4.78 is 1.10. The standard InChI is InChI=1S/C15H15BrClN/c1-11(14-7-2-3-8-15(14)17)18-10-12-5-4-6-13(16)9-12/h2-9,11,18H,10H2,1H3/t11-/m1/s1. The molecule has 0 aliphatic carbocycles. The summed E-state index contributed by atoms with van der Waals surface area (Å²) in [5.74, 6) is 0. The predicted molar refractivity (Wildman–Crippen MR) is 80.8 cm³/mol. The van der Waals surface area contributed by atoms with E-state index in [1.165, 1.54) is 5.56 Å². The Balaban J connectivity index is 2.00. The van der Waals surface area contributed by atoms with E-state index in [1.807, 2.05) is 30.3 Å². The lowest BCUT2D eigenvalue weighted by Crippen LogP contribution is -2.18. The molecule has 0 amide bonds. The fraction of sp³-hybridized carbons (Fsp3) is 0.200. The quantitative estimate of drug-likeness (QED) is 0.838. The Morgan fingerprint density at radius 1 is 1.17 bits per heavy atom. The van der Waals surface area contributed by atoms with Crippen molar-refractivity contribution in [2.75, 3.05) is 0 Å². The van der Waals surface area contributed by atoms with Gasteiger partial charge in [-0.25, -0.2) is 0 Å². The Kier molecular flexibility index (Phi) is 4.81. The van der Waals surface area contributed by atoms with Crippen LogP contribution in [0.3, 0.4) is 0 Å². The predicted octanol–water partition coefficient (Wildman–Crippen LogP) is 4.95. The molecule has 0 aliphatic heterocycles. The Hall–Kier alpha value is -0.830. The lowest BCUT2D eigenvalue weighted by molar-refractivity contribution is 0.575. The molecular weight excluding hydrogens is 310 g/mol. The van der Waals surface area contributed by atoms with Crippen LogP contribution < -0.4 is 5.32 Å². The van der Waals surface area contributed by atoms with E-state index in [4.69, 9.17) is 11.6 Å². The molecule has 0 unspecified atom stereocenters. The van der Waals surface area contributed by atoms with Crippen molar-refractivity contribution in [1.82, 2.24) is 5.32 Å². The zero-order chi connectivity index (χ0) is 13.0.